The van der Waals surface area contributed by atoms with Gasteiger partial charge in [0.25, 0.3) is 8.32 Å². The molecule has 2 aliphatic heterocycles. The van der Waals surface area contributed by atoms with Gasteiger partial charge in [-0.15, -0.1) is 0 Å². The maximum Gasteiger partial charge on any atom is 0.455 e. The number of nitrogens with zero attached hydrogens (tertiary/aromatic N) is 1. The van der Waals surface area contributed by atoms with Crippen molar-refractivity contribution < 1.29 is 38.7 Å². The largest absolute Gasteiger partial charge is 0.507 e. The topological polar surface area (TPSA) is 134 Å². The number of aromatic hydroxyl groups is 1. The first-order valence-corrected chi connectivity index (χ1v) is 22.6. The van der Waals surface area contributed by atoms with E-state index in [9.17, 15) is 24.5 Å². The summed E-state index contributed by atoms with van der Waals surface area (Å²) >= 11 is 0. The highest BCUT2D eigenvalue weighted by atomic mass is 28.4. The van der Waals surface area contributed by atoms with Gasteiger partial charge in [0.1, 0.15) is 5.75 Å². The zero-order chi connectivity index (χ0) is 40.7. The number of unbranched alkanes of at least 4 members (excludes halogenated alkanes) is 2. The maximum atomic E-state index is 14.3. The molecule has 0 aromatic heterocycles. The number of carboxylic acids is 1. The molecule has 2 saturated heterocycles. The standard InChI is InChI=1S/C46H58BNO8Si/c1-5-17-32(28-33-18-14-15-23-39(33)49)25-26-40-42-34(31-55-57(46(2,3)4,35-19-9-6-10-20-35)36-21-11-7-12-22-36)29-37-43(38(42)30-47(54)56-40)45(53)48(44(37)52)27-16-8-13-24-41(50)51/h6-7,9-12,14-15,18-23,28,37-38,40,43,49,54H,5,8,13,16-17,24-27,29-31H2,1-4H3,(H,50,51)/b32-28+/t37-,38+,40-,43-/m1/s1. The van der Waals surface area contributed by atoms with E-state index < -0.39 is 45.3 Å². The van der Waals surface area contributed by atoms with Gasteiger partial charge in [0.05, 0.1) is 24.5 Å². The van der Waals surface area contributed by atoms with Crippen LogP contribution in [-0.2, 0) is 23.5 Å². The van der Waals surface area contributed by atoms with E-state index >= 15 is 0 Å². The molecule has 0 radical (unpaired) electrons. The number of para-hydroxylation sites is 1. The van der Waals surface area contributed by atoms with Gasteiger partial charge < -0.3 is 24.3 Å². The summed E-state index contributed by atoms with van der Waals surface area (Å²) in [7, 11) is -4.10. The fourth-order valence-electron chi connectivity index (χ4n) is 9.60. The molecule has 2 amide bonds. The van der Waals surface area contributed by atoms with Gasteiger partial charge in [0.2, 0.25) is 11.8 Å². The molecule has 3 N–H and O–H groups in total. The zero-order valence-electron chi connectivity index (χ0n) is 33.9. The van der Waals surface area contributed by atoms with Crippen molar-refractivity contribution in [3.8, 4) is 5.75 Å². The molecule has 11 heteroatoms. The Morgan fingerprint density at radius 1 is 0.895 bits per heavy atom. The van der Waals surface area contributed by atoms with Crippen molar-refractivity contribution in [2.75, 3.05) is 13.2 Å². The normalized spacial score (nSPS) is 21.5. The van der Waals surface area contributed by atoms with Crippen LogP contribution < -0.4 is 10.4 Å². The van der Waals surface area contributed by atoms with E-state index in [1.165, 1.54) is 4.90 Å². The molecule has 3 aromatic carbocycles. The first-order valence-electron chi connectivity index (χ1n) is 20.7. The molecule has 9 nitrogen and oxygen atoms in total. The number of aliphatic carboxylic acids is 1. The van der Waals surface area contributed by atoms with E-state index in [4.69, 9.17) is 14.2 Å². The predicted molar refractivity (Wildman–Crippen MR) is 226 cm³/mol. The minimum atomic E-state index is -2.99. The Kier molecular flexibility index (Phi) is 13.8. The number of hydrogen-bond acceptors (Lipinski definition) is 7. The van der Waals surface area contributed by atoms with Crippen LogP contribution in [0.4, 0.5) is 0 Å². The Hall–Kier alpha value is -4.29. The molecule has 1 aliphatic carbocycles. The second-order valence-corrected chi connectivity index (χ2v) is 21.3. The van der Waals surface area contributed by atoms with Crippen molar-refractivity contribution in [1.29, 1.82) is 0 Å². The van der Waals surface area contributed by atoms with Crippen molar-refractivity contribution in [2.24, 2.45) is 17.8 Å². The molecule has 6 rings (SSSR count). The summed E-state index contributed by atoms with van der Waals surface area (Å²) in [6, 6.07) is 28.2. The van der Waals surface area contributed by atoms with Gasteiger partial charge in [0, 0.05) is 18.5 Å². The minimum absolute atomic E-state index is 0.0537. The summed E-state index contributed by atoms with van der Waals surface area (Å²) in [5.74, 6) is -2.64. The lowest BCUT2D eigenvalue weighted by atomic mass is 9.58. The molecule has 0 unspecified atom stereocenters. The number of phenols is 1. The number of imide groups is 1. The molecule has 0 saturated carbocycles. The van der Waals surface area contributed by atoms with Crippen LogP contribution >= 0.6 is 0 Å². The molecule has 3 aliphatic rings. The molecule has 3 aromatic rings. The summed E-state index contributed by atoms with van der Waals surface area (Å²) in [6.45, 7) is 9.34. The summed E-state index contributed by atoms with van der Waals surface area (Å²) in [4.78, 5) is 41.0. The van der Waals surface area contributed by atoms with Gasteiger partial charge in [-0.25, -0.2) is 0 Å². The van der Waals surface area contributed by atoms with Crippen LogP contribution in [0.15, 0.2) is 102 Å². The van der Waals surface area contributed by atoms with Crippen molar-refractivity contribution in [1.82, 2.24) is 4.90 Å². The molecule has 4 atom stereocenters. The van der Waals surface area contributed by atoms with E-state index in [0.29, 0.717) is 38.5 Å². The first-order chi connectivity index (χ1) is 27.4. The SMILES string of the molecule is CCC/C(=C\c1ccccc1O)CC[C@H]1OB(O)C[C@H]2C1=C(CO[Si](c1ccccc1)(c1ccccc1)C(C)(C)C)C[C@H]1C(=O)N(CCCCCC(=O)O)C(=O)[C@H]12. The van der Waals surface area contributed by atoms with E-state index in [2.05, 4.69) is 76.2 Å². The Labute approximate surface area is 339 Å². The van der Waals surface area contributed by atoms with Crippen molar-refractivity contribution in [2.45, 2.75) is 103 Å². The number of rotatable bonds is 17. The lowest BCUT2D eigenvalue weighted by Gasteiger charge is -2.46. The maximum absolute atomic E-state index is 14.3. The van der Waals surface area contributed by atoms with Crippen LogP contribution in [0.3, 0.4) is 0 Å². The number of allylic oxidation sites excluding steroid dienone is 1. The number of carbonyl (C=O) groups excluding carboxylic acids is 2. The van der Waals surface area contributed by atoms with Crippen molar-refractivity contribution in [3.05, 3.63) is 107 Å². The Morgan fingerprint density at radius 3 is 2.16 bits per heavy atom. The summed E-state index contributed by atoms with van der Waals surface area (Å²) in [5.41, 5.74) is 3.85. The Balaban J connectivity index is 1.39. The Bertz CT molecular complexity index is 1900. The van der Waals surface area contributed by atoms with Crippen molar-refractivity contribution >= 4 is 49.7 Å². The van der Waals surface area contributed by atoms with Gasteiger partial charge in [-0.2, -0.15) is 0 Å². The average molecular weight is 792 g/mol. The lowest BCUT2D eigenvalue weighted by Crippen LogP contribution is -2.66. The van der Waals surface area contributed by atoms with Gasteiger partial charge in [-0.1, -0.05) is 131 Å². The fourth-order valence-corrected chi connectivity index (χ4v) is 14.1. The van der Waals surface area contributed by atoms with Crippen LogP contribution in [0.25, 0.3) is 6.08 Å². The third-order valence-electron chi connectivity index (χ3n) is 12.1. The van der Waals surface area contributed by atoms with Crippen LogP contribution in [0, 0.1) is 17.8 Å². The van der Waals surface area contributed by atoms with E-state index in [-0.39, 0.29) is 48.5 Å². The van der Waals surface area contributed by atoms with Gasteiger partial charge >= 0.3 is 13.1 Å². The summed E-state index contributed by atoms with van der Waals surface area (Å²) in [6.07, 6.45) is 6.74. The highest BCUT2D eigenvalue weighted by Gasteiger charge is 2.58. The Morgan fingerprint density at radius 2 is 1.54 bits per heavy atom. The third-order valence-corrected chi connectivity index (χ3v) is 17.1. The number of carboxylic acid groups (broad SMARTS) is 1. The van der Waals surface area contributed by atoms with Gasteiger partial charge in [0.15, 0.2) is 0 Å². The molecular weight excluding hydrogens is 733 g/mol. The van der Waals surface area contributed by atoms with Gasteiger partial charge in [-0.3, -0.25) is 19.3 Å². The second kappa shape index (κ2) is 18.5. The summed E-state index contributed by atoms with van der Waals surface area (Å²) < 4.78 is 13.9. The predicted octanol–water partition coefficient (Wildman–Crippen LogP) is 7.37. The molecule has 302 valence electrons. The lowest BCUT2D eigenvalue weighted by molar-refractivity contribution is -0.141. The number of fused-ring (bicyclic) bond motifs is 3. The molecule has 0 bridgehead atoms. The minimum Gasteiger partial charge on any atom is -0.507 e. The molecule has 57 heavy (non-hydrogen) atoms. The molecule has 2 fully saturated rings. The average Bonchev–Trinajstić information content (AvgIpc) is 3.42. The highest BCUT2D eigenvalue weighted by Crippen LogP contribution is 2.51. The third kappa shape index (κ3) is 9.22. The number of benzene rings is 3. The number of likely N-dealkylation sites (tertiary alicyclic amines) is 1. The number of hydrogen-bond donors (Lipinski definition) is 3. The van der Waals surface area contributed by atoms with Gasteiger partial charge in [-0.05, 0) is 83.4 Å². The van der Waals surface area contributed by atoms with Crippen LogP contribution in [0.1, 0.15) is 91.0 Å². The van der Waals surface area contributed by atoms with Crippen molar-refractivity contribution in [3.63, 3.8) is 0 Å². The number of phenolic OH excluding ortho intramolecular Hbond substituents is 1. The monoisotopic (exact) mass is 791 g/mol. The molecular formula is C46H58BNO8Si. The highest BCUT2D eigenvalue weighted by molar-refractivity contribution is 6.99. The zero-order valence-corrected chi connectivity index (χ0v) is 34.9. The quantitative estimate of drug-likeness (QED) is 0.0559. The second-order valence-electron chi connectivity index (χ2n) is 17.0. The fraction of sp³-hybridized carbons (Fsp3) is 0.457. The number of carbonyl (C=O) groups is 3. The van der Waals surface area contributed by atoms with E-state index in [1.807, 2.05) is 30.3 Å². The smallest absolute Gasteiger partial charge is 0.455 e. The van der Waals surface area contributed by atoms with Crippen LogP contribution in [0.2, 0.25) is 11.4 Å². The molecule has 2 heterocycles. The molecule has 0 spiro atoms. The van der Waals surface area contributed by atoms with Crippen LogP contribution in [-0.4, -0.2) is 72.6 Å². The van der Waals surface area contributed by atoms with E-state index in [0.717, 1.165) is 45.5 Å². The number of amides is 2. The summed E-state index contributed by atoms with van der Waals surface area (Å²) in [5, 5.41) is 33.0. The van der Waals surface area contributed by atoms with E-state index in [1.54, 1.807) is 12.1 Å². The van der Waals surface area contributed by atoms with Crippen LogP contribution in [0.5, 0.6) is 5.75 Å². The first kappa shape index (κ1) is 42.3.